The zero-order chi connectivity index (χ0) is 22.7. The molecule has 0 unspecified atom stereocenters. The number of hydrogen-bond acceptors (Lipinski definition) is 3. The molecule has 1 aliphatic heterocycles. The zero-order valence-corrected chi connectivity index (χ0v) is 19.3. The molecule has 0 radical (unpaired) electrons. The van der Waals surface area contributed by atoms with Gasteiger partial charge in [-0.25, -0.2) is 9.07 Å². The number of amides is 1. The van der Waals surface area contributed by atoms with Crippen molar-refractivity contribution < 1.29 is 9.18 Å². The molecule has 168 valence electrons. The molecule has 0 fully saturated rings. The Labute approximate surface area is 193 Å². The van der Waals surface area contributed by atoms with E-state index in [0.717, 1.165) is 49.4 Å². The molecule has 5 nitrogen and oxygen atoms in total. The summed E-state index contributed by atoms with van der Waals surface area (Å²) in [6.45, 7) is 7.70. The second kappa shape index (κ2) is 9.84. The van der Waals surface area contributed by atoms with Crippen molar-refractivity contribution in [3.8, 4) is 5.69 Å². The molecule has 1 aromatic heterocycles. The fourth-order valence-corrected chi connectivity index (χ4v) is 4.50. The van der Waals surface area contributed by atoms with E-state index in [1.807, 2.05) is 13.0 Å². The standard InChI is InChI=1S/C25H28ClFN4O/c1-3-13-29-14-12-23-20(16-29)22(28-31(23)24-11-6-5-10-21(24)27)17-30(4-2)25(32)18-8-7-9-19(26)15-18/h5-11,15H,3-4,12-14,16-17H2,1-2H3. The van der Waals surface area contributed by atoms with E-state index >= 15 is 0 Å². The van der Waals surface area contributed by atoms with Crippen LogP contribution in [0.3, 0.4) is 0 Å². The largest absolute Gasteiger partial charge is 0.333 e. The molecule has 4 rings (SSSR count). The fraction of sp³-hybridized carbons (Fsp3) is 0.360. The molecule has 1 aliphatic rings. The minimum absolute atomic E-state index is 0.0922. The smallest absolute Gasteiger partial charge is 0.254 e. The van der Waals surface area contributed by atoms with Crippen LogP contribution in [0.5, 0.6) is 0 Å². The first-order valence-electron chi connectivity index (χ1n) is 11.1. The molecule has 0 N–H and O–H groups in total. The van der Waals surface area contributed by atoms with Gasteiger partial charge in [0.15, 0.2) is 0 Å². The van der Waals surface area contributed by atoms with Gasteiger partial charge in [0.05, 0.1) is 17.9 Å². The van der Waals surface area contributed by atoms with Gasteiger partial charge >= 0.3 is 0 Å². The Morgan fingerprint density at radius 3 is 2.72 bits per heavy atom. The van der Waals surface area contributed by atoms with Gasteiger partial charge in [0.2, 0.25) is 0 Å². The highest BCUT2D eigenvalue weighted by molar-refractivity contribution is 6.30. The maximum atomic E-state index is 14.6. The van der Waals surface area contributed by atoms with Crippen LogP contribution in [0.15, 0.2) is 48.5 Å². The van der Waals surface area contributed by atoms with Crippen LogP contribution >= 0.6 is 11.6 Å². The van der Waals surface area contributed by atoms with Crippen LogP contribution in [0.2, 0.25) is 5.02 Å². The summed E-state index contributed by atoms with van der Waals surface area (Å²) in [5.74, 6) is -0.395. The molecule has 32 heavy (non-hydrogen) atoms. The molecule has 0 saturated carbocycles. The quantitative estimate of drug-likeness (QED) is 0.499. The third kappa shape index (κ3) is 4.57. The summed E-state index contributed by atoms with van der Waals surface area (Å²) < 4.78 is 16.4. The maximum Gasteiger partial charge on any atom is 0.254 e. The molecule has 1 amide bonds. The van der Waals surface area contributed by atoms with Crippen LogP contribution in [0.4, 0.5) is 4.39 Å². The van der Waals surface area contributed by atoms with E-state index in [9.17, 15) is 9.18 Å². The summed E-state index contributed by atoms with van der Waals surface area (Å²) in [5.41, 5.74) is 3.95. The van der Waals surface area contributed by atoms with Crippen molar-refractivity contribution in [3.05, 3.63) is 81.9 Å². The van der Waals surface area contributed by atoms with Gasteiger partial charge in [-0.1, -0.05) is 36.7 Å². The lowest BCUT2D eigenvalue weighted by molar-refractivity contribution is 0.0749. The fourth-order valence-electron chi connectivity index (χ4n) is 4.31. The summed E-state index contributed by atoms with van der Waals surface area (Å²) in [6.07, 6.45) is 1.87. The second-order valence-electron chi connectivity index (χ2n) is 8.09. The monoisotopic (exact) mass is 454 g/mol. The number of carbonyl (C=O) groups excluding carboxylic acids is 1. The highest BCUT2D eigenvalue weighted by Gasteiger charge is 2.28. The Hall–Kier alpha value is -2.70. The predicted molar refractivity (Wildman–Crippen MR) is 125 cm³/mol. The van der Waals surface area contributed by atoms with Crippen molar-refractivity contribution in [2.45, 2.75) is 39.8 Å². The highest BCUT2D eigenvalue weighted by atomic mass is 35.5. The normalized spacial score (nSPS) is 13.8. The Kier molecular flexibility index (Phi) is 6.92. The highest BCUT2D eigenvalue weighted by Crippen LogP contribution is 2.28. The van der Waals surface area contributed by atoms with E-state index < -0.39 is 0 Å². The van der Waals surface area contributed by atoms with Gasteiger partial charge in [-0.3, -0.25) is 9.69 Å². The Morgan fingerprint density at radius 2 is 2.00 bits per heavy atom. The van der Waals surface area contributed by atoms with Gasteiger partial charge in [-0.2, -0.15) is 5.10 Å². The van der Waals surface area contributed by atoms with Crippen molar-refractivity contribution in [3.63, 3.8) is 0 Å². The lowest BCUT2D eigenvalue weighted by atomic mass is 10.0. The van der Waals surface area contributed by atoms with E-state index in [4.69, 9.17) is 16.7 Å². The molecule has 0 spiro atoms. The summed E-state index contributed by atoms with van der Waals surface area (Å²) in [4.78, 5) is 17.3. The number of halogens is 2. The van der Waals surface area contributed by atoms with E-state index in [0.29, 0.717) is 29.4 Å². The first-order valence-corrected chi connectivity index (χ1v) is 11.5. The number of hydrogen-bond donors (Lipinski definition) is 0. The first-order chi connectivity index (χ1) is 15.5. The van der Waals surface area contributed by atoms with Gasteiger partial charge in [0.25, 0.3) is 5.91 Å². The van der Waals surface area contributed by atoms with Crippen LogP contribution in [-0.4, -0.2) is 45.1 Å². The molecule has 2 heterocycles. The minimum atomic E-state index is -0.303. The number of benzene rings is 2. The second-order valence-corrected chi connectivity index (χ2v) is 8.53. The summed E-state index contributed by atoms with van der Waals surface area (Å²) >= 11 is 6.10. The number of fused-ring (bicyclic) bond motifs is 1. The Morgan fingerprint density at radius 1 is 1.19 bits per heavy atom. The average molecular weight is 455 g/mol. The number of nitrogens with zero attached hydrogens (tertiary/aromatic N) is 4. The SMILES string of the molecule is CCCN1CCc2c(c(CN(CC)C(=O)c3cccc(Cl)c3)nn2-c2ccccc2F)C1. The zero-order valence-electron chi connectivity index (χ0n) is 18.5. The van der Waals surface area contributed by atoms with E-state index in [-0.39, 0.29) is 11.7 Å². The molecule has 0 aliphatic carbocycles. The molecule has 7 heteroatoms. The third-order valence-corrected chi connectivity index (χ3v) is 6.16. The van der Waals surface area contributed by atoms with Crippen molar-refractivity contribution >= 4 is 17.5 Å². The van der Waals surface area contributed by atoms with Gasteiger partial charge < -0.3 is 4.90 Å². The van der Waals surface area contributed by atoms with Crippen molar-refractivity contribution in [1.82, 2.24) is 19.6 Å². The molecule has 2 aromatic carbocycles. The van der Waals surface area contributed by atoms with Crippen LogP contribution in [0, 0.1) is 5.82 Å². The lowest BCUT2D eigenvalue weighted by Gasteiger charge is -2.28. The predicted octanol–water partition coefficient (Wildman–Crippen LogP) is 5.10. The maximum absolute atomic E-state index is 14.6. The summed E-state index contributed by atoms with van der Waals surface area (Å²) in [7, 11) is 0. The first kappa shape index (κ1) is 22.5. The lowest BCUT2D eigenvalue weighted by Crippen LogP contribution is -2.33. The minimum Gasteiger partial charge on any atom is -0.333 e. The Bertz CT molecular complexity index is 1110. The molecule has 3 aromatic rings. The molecule has 0 saturated heterocycles. The number of carbonyl (C=O) groups is 1. The molecular formula is C25H28ClFN4O. The van der Waals surface area contributed by atoms with Crippen molar-refractivity contribution in [1.29, 1.82) is 0 Å². The van der Waals surface area contributed by atoms with Gasteiger partial charge in [-0.05, 0) is 50.2 Å². The van der Waals surface area contributed by atoms with Crippen molar-refractivity contribution in [2.75, 3.05) is 19.6 Å². The topological polar surface area (TPSA) is 41.4 Å². The van der Waals surface area contributed by atoms with E-state index in [1.165, 1.54) is 6.07 Å². The number of aromatic nitrogens is 2. The van der Waals surface area contributed by atoms with Crippen LogP contribution in [-0.2, 0) is 19.5 Å². The van der Waals surface area contributed by atoms with Crippen molar-refractivity contribution in [2.24, 2.45) is 0 Å². The molecular weight excluding hydrogens is 427 g/mol. The number of rotatable bonds is 7. The van der Waals surface area contributed by atoms with Crippen LogP contribution in [0.25, 0.3) is 5.69 Å². The van der Waals surface area contributed by atoms with Gasteiger partial charge in [-0.15, -0.1) is 0 Å². The van der Waals surface area contributed by atoms with E-state index in [1.54, 1.807) is 46.0 Å². The van der Waals surface area contributed by atoms with Crippen LogP contribution in [0.1, 0.15) is 47.6 Å². The van der Waals surface area contributed by atoms with Gasteiger partial charge in [0.1, 0.15) is 11.5 Å². The molecule has 0 atom stereocenters. The average Bonchev–Trinajstić information content (AvgIpc) is 3.15. The van der Waals surface area contributed by atoms with Gasteiger partial charge in [0, 0.05) is 42.2 Å². The number of para-hydroxylation sites is 1. The van der Waals surface area contributed by atoms with E-state index in [2.05, 4.69) is 11.8 Å². The summed E-state index contributed by atoms with van der Waals surface area (Å²) in [6, 6.07) is 13.7. The Balaban J connectivity index is 1.71. The third-order valence-electron chi connectivity index (χ3n) is 5.92. The van der Waals surface area contributed by atoms with Crippen LogP contribution < -0.4 is 0 Å². The summed E-state index contributed by atoms with van der Waals surface area (Å²) in [5, 5.41) is 5.36. The molecule has 0 bridgehead atoms.